The number of rotatable bonds is 5. The predicted octanol–water partition coefficient (Wildman–Crippen LogP) is 2.95. The summed E-state index contributed by atoms with van der Waals surface area (Å²) >= 11 is 0. The molecule has 1 saturated heterocycles. The van der Waals surface area contributed by atoms with Crippen molar-refractivity contribution in [1.29, 1.82) is 0 Å². The number of benzene rings is 2. The number of anilines is 1. The number of piperazine rings is 1. The predicted molar refractivity (Wildman–Crippen MR) is 116 cm³/mol. The van der Waals surface area contributed by atoms with Crippen molar-refractivity contribution in [3.63, 3.8) is 0 Å². The quantitative estimate of drug-likeness (QED) is 0.815. The van der Waals surface area contributed by atoms with Gasteiger partial charge in [-0.2, -0.15) is 4.31 Å². The standard InChI is InChI=1S/C22H29N3O3S/c1-16-6-5-7-20(14-16)23-22(26)19(4)24-10-12-25(13-11-24)29(27,28)21-9-8-17(2)18(3)15-21/h5-9,14-15,19H,10-13H2,1-4H3,(H,23,26). The van der Waals surface area contributed by atoms with Crippen molar-refractivity contribution in [2.24, 2.45) is 0 Å². The Balaban J connectivity index is 1.61. The Kier molecular flexibility index (Phi) is 6.41. The van der Waals surface area contributed by atoms with Gasteiger partial charge in [0.25, 0.3) is 0 Å². The smallest absolute Gasteiger partial charge is 0.243 e. The molecule has 29 heavy (non-hydrogen) atoms. The van der Waals surface area contributed by atoms with Crippen molar-refractivity contribution in [3.8, 4) is 0 Å². The number of aryl methyl sites for hydroxylation is 3. The van der Waals surface area contributed by atoms with E-state index >= 15 is 0 Å². The van der Waals surface area contributed by atoms with Crippen LogP contribution < -0.4 is 5.32 Å². The maximum atomic E-state index is 13.0. The van der Waals surface area contributed by atoms with E-state index in [4.69, 9.17) is 0 Å². The highest BCUT2D eigenvalue weighted by Crippen LogP contribution is 2.21. The zero-order valence-corrected chi connectivity index (χ0v) is 18.3. The van der Waals surface area contributed by atoms with Crippen molar-refractivity contribution in [2.45, 2.75) is 38.6 Å². The SMILES string of the molecule is Cc1cccc(NC(=O)C(C)N2CCN(S(=O)(=O)c3ccc(C)c(C)c3)CC2)c1. The van der Waals surface area contributed by atoms with Gasteiger partial charge < -0.3 is 5.32 Å². The lowest BCUT2D eigenvalue weighted by molar-refractivity contribution is -0.121. The Morgan fingerprint density at radius 1 is 0.966 bits per heavy atom. The number of nitrogens with zero attached hydrogens (tertiary/aromatic N) is 2. The zero-order valence-electron chi connectivity index (χ0n) is 17.5. The topological polar surface area (TPSA) is 69.7 Å². The fraction of sp³-hybridized carbons (Fsp3) is 0.409. The molecule has 2 aromatic rings. The summed E-state index contributed by atoms with van der Waals surface area (Å²) in [6.07, 6.45) is 0. The second kappa shape index (κ2) is 8.65. The van der Waals surface area contributed by atoms with E-state index in [0.717, 1.165) is 22.4 Å². The Morgan fingerprint density at radius 3 is 2.28 bits per heavy atom. The highest BCUT2D eigenvalue weighted by molar-refractivity contribution is 7.89. The van der Waals surface area contributed by atoms with Crippen LogP contribution in [-0.2, 0) is 14.8 Å². The van der Waals surface area contributed by atoms with Crippen LogP contribution in [0.5, 0.6) is 0 Å². The molecule has 0 aliphatic carbocycles. The summed E-state index contributed by atoms with van der Waals surface area (Å²) in [7, 11) is -3.52. The lowest BCUT2D eigenvalue weighted by atomic mass is 10.1. The number of nitrogens with one attached hydrogen (secondary N) is 1. The van der Waals surface area contributed by atoms with Gasteiger partial charge in [0.1, 0.15) is 0 Å². The third-order valence-corrected chi connectivity index (χ3v) is 7.50. The molecule has 0 radical (unpaired) electrons. The fourth-order valence-electron chi connectivity index (χ4n) is 3.49. The Bertz CT molecular complexity index is 996. The highest BCUT2D eigenvalue weighted by atomic mass is 32.2. The number of carbonyl (C=O) groups excluding carboxylic acids is 1. The molecular weight excluding hydrogens is 386 g/mol. The zero-order chi connectivity index (χ0) is 21.2. The molecule has 1 unspecified atom stereocenters. The van der Waals surface area contributed by atoms with E-state index in [2.05, 4.69) is 5.32 Å². The van der Waals surface area contributed by atoms with Crippen LogP contribution in [0.3, 0.4) is 0 Å². The van der Waals surface area contributed by atoms with E-state index in [1.165, 1.54) is 4.31 Å². The second-order valence-electron chi connectivity index (χ2n) is 7.72. The van der Waals surface area contributed by atoms with Crippen LogP contribution in [0.25, 0.3) is 0 Å². The molecule has 1 amide bonds. The van der Waals surface area contributed by atoms with Gasteiger partial charge in [0.05, 0.1) is 10.9 Å². The van der Waals surface area contributed by atoms with Gasteiger partial charge in [0, 0.05) is 31.9 Å². The molecule has 2 aromatic carbocycles. The molecule has 0 bridgehead atoms. The van der Waals surface area contributed by atoms with E-state index in [-0.39, 0.29) is 11.9 Å². The minimum Gasteiger partial charge on any atom is -0.325 e. The average Bonchev–Trinajstić information content (AvgIpc) is 2.69. The Hall–Kier alpha value is -2.22. The Morgan fingerprint density at radius 2 is 1.66 bits per heavy atom. The first-order chi connectivity index (χ1) is 13.7. The minimum atomic E-state index is -3.52. The van der Waals surface area contributed by atoms with Crippen molar-refractivity contribution < 1.29 is 13.2 Å². The number of hydrogen-bond acceptors (Lipinski definition) is 4. The van der Waals surface area contributed by atoms with Crippen molar-refractivity contribution in [1.82, 2.24) is 9.21 Å². The first kappa shape index (κ1) is 21.5. The maximum absolute atomic E-state index is 13.0. The molecule has 156 valence electrons. The largest absolute Gasteiger partial charge is 0.325 e. The minimum absolute atomic E-state index is 0.0823. The van der Waals surface area contributed by atoms with Crippen molar-refractivity contribution in [3.05, 3.63) is 59.2 Å². The third-order valence-electron chi connectivity index (χ3n) is 5.60. The molecule has 0 aromatic heterocycles. The number of carbonyl (C=O) groups is 1. The molecule has 1 aliphatic rings. The summed E-state index contributed by atoms with van der Waals surface area (Å²) < 4.78 is 27.4. The highest BCUT2D eigenvalue weighted by Gasteiger charge is 2.32. The van der Waals surface area contributed by atoms with E-state index in [0.29, 0.717) is 31.1 Å². The molecule has 1 fully saturated rings. The van der Waals surface area contributed by atoms with E-state index in [1.807, 2.05) is 62.9 Å². The molecule has 1 aliphatic heterocycles. The van der Waals surface area contributed by atoms with Gasteiger partial charge >= 0.3 is 0 Å². The maximum Gasteiger partial charge on any atom is 0.243 e. The van der Waals surface area contributed by atoms with Gasteiger partial charge in [0.2, 0.25) is 15.9 Å². The summed E-state index contributed by atoms with van der Waals surface area (Å²) in [6, 6.07) is 12.6. The van der Waals surface area contributed by atoms with Crippen LogP contribution in [-0.4, -0.2) is 55.8 Å². The number of hydrogen-bond donors (Lipinski definition) is 1. The Labute approximate surface area is 173 Å². The monoisotopic (exact) mass is 415 g/mol. The van der Waals surface area contributed by atoms with Crippen LogP contribution in [0, 0.1) is 20.8 Å². The van der Waals surface area contributed by atoms with Gasteiger partial charge in [-0.1, -0.05) is 18.2 Å². The lowest BCUT2D eigenvalue weighted by Crippen LogP contribution is -2.53. The molecule has 3 rings (SSSR count). The van der Waals surface area contributed by atoms with Gasteiger partial charge in [0.15, 0.2) is 0 Å². The van der Waals surface area contributed by atoms with Crippen molar-refractivity contribution in [2.75, 3.05) is 31.5 Å². The fourth-order valence-corrected chi connectivity index (χ4v) is 5.00. The lowest BCUT2D eigenvalue weighted by Gasteiger charge is -2.36. The van der Waals surface area contributed by atoms with Gasteiger partial charge in [-0.15, -0.1) is 0 Å². The number of amides is 1. The molecule has 1 atom stereocenters. The van der Waals surface area contributed by atoms with E-state index < -0.39 is 10.0 Å². The van der Waals surface area contributed by atoms with Crippen LogP contribution >= 0.6 is 0 Å². The molecule has 7 heteroatoms. The third kappa shape index (κ3) is 4.86. The van der Waals surface area contributed by atoms with Crippen LogP contribution in [0.4, 0.5) is 5.69 Å². The summed E-state index contributed by atoms with van der Waals surface area (Å²) in [6.45, 7) is 9.51. The van der Waals surface area contributed by atoms with Gasteiger partial charge in [-0.25, -0.2) is 8.42 Å². The summed E-state index contributed by atoms with van der Waals surface area (Å²) in [5, 5.41) is 2.95. The summed E-state index contributed by atoms with van der Waals surface area (Å²) in [4.78, 5) is 15.0. The van der Waals surface area contributed by atoms with Crippen LogP contribution in [0.2, 0.25) is 0 Å². The molecule has 6 nitrogen and oxygen atoms in total. The first-order valence-electron chi connectivity index (χ1n) is 9.87. The summed E-state index contributed by atoms with van der Waals surface area (Å²) in [5.41, 5.74) is 3.90. The van der Waals surface area contributed by atoms with Gasteiger partial charge in [-0.05, 0) is 68.7 Å². The van der Waals surface area contributed by atoms with E-state index in [9.17, 15) is 13.2 Å². The van der Waals surface area contributed by atoms with Crippen LogP contribution in [0.15, 0.2) is 47.4 Å². The average molecular weight is 416 g/mol. The normalized spacial score (nSPS) is 17.1. The summed E-state index contributed by atoms with van der Waals surface area (Å²) in [5.74, 6) is -0.0823. The van der Waals surface area contributed by atoms with E-state index in [1.54, 1.807) is 12.1 Å². The molecule has 0 saturated carbocycles. The molecule has 1 heterocycles. The molecule has 1 N–H and O–H groups in total. The van der Waals surface area contributed by atoms with Crippen molar-refractivity contribution >= 4 is 21.6 Å². The second-order valence-corrected chi connectivity index (χ2v) is 9.66. The molecular formula is C22H29N3O3S. The number of sulfonamides is 1. The molecule has 0 spiro atoms. The van der Waals surface area contributed by atoms with Gasteiger partial charge in [-0.3, -0.25) is 9.69 Å². The van der Waals surface area contributed by atoms with Crippen LogP contribution in [0.1, 0.15) is 23.6 Å². The first-order valence-corrected chi connectivity index (χ1v) is 11.3.